The van der Waals surface area contributed by atoms with Crippen LogP contribution in [0.5, 0.6) is 5.75 Å². The van der Waals surface area contributed by atoms with Gasteiger partial charge in [-0.15, -0.1) is 5.06 Å². The van der Waals surface area contributed by atoms with Crippen LogP contribution in [-0.2, 0) is 0 Å². The molecule has 1 amide bonds. The predicted octanol–water partition coefficient (Wildman–Crippen LogP) is 2.77. The van der Waals surface area contributed by atoms with Gasteiger partial charge in [-0.05, 0) is 23.8 Å². The van der Waals surface area contributed by atoms with E-state index in [2.05, 4.69) is 6.58 Å². The number of aliphatic hydroxyl groups is 1. The lowest BCUT2D eigenvalue weighted by molar-refractivity contribution is -0.129. The third kappa shape index (κ3) is 1.96. The van der Waals surface area contributed by atoms with Crippen LogP contribution < -0.4 is 4.84 Å². The van der Waals surface area contributed by atoms with Crippen LogP contribution in [0.25, 0.3) is 6.08 Å². The second-order valence-corrected chi connectivity index (χ2v) is 4.46. The number of carbonyl (C=O) groups is 1. The molecule has 4 nitrogen and oxygen atoms in total. The van der Waals surface area contributed by atoms with Crippen molar-refractivity contribution in [2.24, 2.45) is 0 Å². The third-order valence-electron chi connectivity index (χ3n) is 3.21. The van der Waals surface area contributed by atoms with Gasteiger partial charge >= 0.3 is 0 Å². The van der Waals surface area contributed by atoms with E-state index in [0.29, 0.717) is 16.9 Å². The molecule has 4 heteroatoms. The van der Waals surface area contributed by atoms with Crippen LogP contribution >= 0.6 is 0 Å². The molecule has 0 bridgehead atoms. The largest absolute Gasteiger partial charge is 0.374 e. The molecule has 1 aliphatic heterocycles. The van der Waals surface area contributed by atoms with E-state index in [1.165, 1.54) is 0 Å². The van der Waals surface area contributed by atoms with Crippen molar-refractivity contribution < 1.29 is 14.7 Å². The predicted molar refractivity (Wildman–Crippen MR) is 74.7 cm³/mol. The molecule has 2 aromatic carbocycles. The Bertz CT molecular complexity index is 664. The Morgan fingerprint density at radius 1 is 1.15 bits per heavy atom. The van der Waals surface area contributed by atoms with Crippen LogP contribution in [0, 0.1) is 0 Å². The summed E-state index contributed by atoms with van der Waals surface area (Å²) in [5.41, 5.74) is 1.97. The molecule has 0 saturated heterocycles. The number of carbonyl (C=O) groups excluding carboxylic acids is 1. The van der Waals surface area contributed by atoms with Crippen LogP contribution in [-0.4, -0.2) is 16.1 Å². The maximum atomic E-state index is 12.2. The Morgan fingerprint density at radius 2 is 1.85 bits per heavy atom. The fourth-order valence-electron chi connectivity index (χ4n) is 2.14. The summed E-state index contributed by atoms with van der Waals surface area (Å²) in [4.78, 5) is 17.6. The molecule has 0 aromatic heterocycles. The maximum Gasteiger partial charge on any atom is 0.289 e. The van der Waals surface area contributed by atoms with E-state index >= 15 is 0 Å². The number of benzene rings is 2. The quantitative estimate of drug-likeness (QED) is 0.930. The highest BCUT2D eigenvalue weighted by atomic mass is 16.7. The van der Waals surface area contributed by atoms with Gasteiger partial charge in [-0.2, -0.15) is 0 Å². The van der Waals surface area contributed by atoms with E-state index in [1.54, 1.807) is 42.5 Å². The third-order valence-corrected chi connectivity index (χ3v) is 3.21. The van der Waals surface area contributed by atoms with Gasteiger partial charge in [0.1, 0.15) is 0 Å². The van der Waals surface area contributed by atoms with Crippen molar-refractivity contribution in [3.8, 4) is 5.75 Å². The topological polar surface area (TPSA) is 49.8 Å². The summed E-state index contributed by atoms with van der Waals surface area (Å²) < 4.78 is 0. The summed E-state index contributed by atoms with van der Waals surface area (Å²) in [7, 11) is 0. The van der Waals surface area contributed by atoms with Crippen LogP contribution in [0.15, 0.2) is 55.1 Å². The fraction of sp³-hybridized carbons (Fsp3) is 0.0625. The fourth-order valence-corrected chi connectivity index (χ4v) is 2.14. The van der Waals surface area contributed by atoms with Crippen molar-refractivity contribution in [3.63, 3.8) is 0 Å². The molecule has 0 saturated carbocycles. The van der Waals surface area contributed by atoms with E-state index in [-0.39, 0.29) is 5.91 Å². The molecule has 20 heavy (non-hydrogen) atoms. The zero-order valence-electron chi connectivity index (χ0n) is 10.7. The summed E-state index contributed by atoms with van der Waals surface area (Å²) in [6.45, 7) is 3.67. The summed E-state index contributed by atoms with van der Waals surface area (Å²) in [5, 5.41) is 11.1. The minimum absolute atomic E-state index is 0.346. The minimum atomic E-state index is -1.09. The number of fused-ring (bicyclic) bond motifs is 1. The van der Waals surface area contributed by atoms with Crippen molar-refractivity contribution in [2.45, 2.75) is 6.23 Å². The molecular formula is C16H13NO3. The molecule has 1 unspecified atom stereocenters. The first-order valence-electron chi connectivity index (χ1n) is 6.22. The Labute approximate surface area is 116 Å². The van der Waals surface area contributed by atoms with Crippen molar-refractivity contribution in [1.29, 1.82) is 0 Å². The molecule has 3 rings (SSSR count). The number of amides is 1. The maximum absolute atomic E-state index is 12.2. The first kappa shape index (κ1) is 12.4. The van der Waals surface area contributed by atoms with Crippen molar-refractivity contribution >= 4 is 12.0 Å². The molecular weight excluding hydrogens is 254 g/mol. The highest BCUT2D eigenvalue weighted by Gasteiger charge is 2.37. The number of hydrogen-bond donors (Lipinski definition) is 1. The second-order valence-electron chi connectivity index (χ2n) is 4.46. The Morgan fingerprint density at radius 3 is 2.50 bits per heavy atom. The highest BCUT2D eigenvalue weighted by molar-refractivity contribution is 5.98. The van der Waals surface area contributed by atoms with E-state index in [9.17, 15) is 9.90 Å². The van der Waals surface area contributed by atoms with Crippen LogP contribution in [0.4, 0.5) is 0 Å². The normalized spacial score (nSPS) is 16.9. The number of hydroxylamine groups is 2. The molecule has 0 radical (unpaired) electrons. The lowest BCUT2D eigenvalue weighted by Gasteiger charge is -2.20. The molecule has 0 aliphatic carbocycles. The molecule has 0 spiro atoms. The summed E-state index contributed by atoms with van der Waals surface area (Å²) >= 11 is 0. The summed E-state index contributed by atoms with van der Waals surface area (Å²) in [6, 6.07) is 14.0. The molecule has 100 valence electrons. The van der Waals surface area contributed by atoms with Crippen LogP contribution in [0.3, 0.4) is 0 Å². The van der Waals surface area contributed by atoms with Gasteiger partial charge in [0, 0.05) is 5.56 Å². The lowest BCUT2D eigenvalue weighted by atomic mass is 10.1. The summed E-state index contributed by atoms with van der Waals surface area (Å²) in [5.74, 6) is 0.136. The van der Waals surface area contributed by atoms with Gasteiger partial charge in [0.15, 0.2) is 12.0 Å². The van der Waals surface area contributed by atoms with Crippen LogP contribution in [0.2, 0.25) is 0 Å². The Hall–Kier alpha value is -2.59. The average molecular weight is 267 g/mol. The second kappa shape index (κ2) is 4.83. The van der Waals surface area contributed by atoms with Crippen molar-refractivity contribution in [1.82, 2.24) is 5.06 Å². The number of hydrogen-bond acceptors (Lipinski definition) is 3. The van der Waals surface area contributed by atoms with Gasteiger partial charge in [-0.25, -0.2) is 0 Å². The zero-order chi connectivity index (χ0) is 14.1. The first-order chi connectivity index (χ1) is 9.70. The summed E-state index contributed by atoms with van der Waals surface area (Å²) in [6.07, 6.45) is 0.632. The lowest BCUT2D eigenvalue weighted by Crippen LogP contribution is -2.31. The van der Waals surface area contributed by atoms with Crippen LogP contribution in [0.1, 0.15) is 27.7 Å². The van der Waals surface area contributed by atoms with Gasteiger partial charge in [0.25, 0.3) is 5.91 Å². The van der Waals surface area contributed by atoms with Gasteiger partial charge in [-0.3, -0.25) is 4.79 Å². The minimum Gasteiger partial charge on any atom is -0.374 e. The number of rotatable bonds is 3. The molecule has 1 atom stereocenters. The van der Waals surface area contributed by atoms with Crippen molar-refractivity contribution in [3.05, 3.63) is 71.8 Å². The van der Waals surface area contributed by atoms with E-state index < -0.39 is 6.23 Å². The van der Waals surface area contributed by atoms with Gasteiger partial charge in [0.2, 0.25) is 0 Å². The molecule has 1 heterocycles. The molecule has 1 N–H and O–H groups in total. The standard InChI is InChI=1S/C16H13NO3/c1-2-11-7-9-12(10-8-11)20-17-15(18)13-5-3-4-6-14(13)16(17)19/h2-10,15,18H,1H2. The van der Waals surface area contributed by atoms with Gasteiger partial charge in [-0.1, -0.05) is 43.0 Å². The first-order valence-corrected chi connectivity index (χ1v) is 6.22. The zero-order valence-corrected chi connectivity index (χ0v) is 10.7. The number of nitrogens with zero attached hydrogens (tertiary/aromatic N) is 1. The molecule has 0 fully saturated rings. The molecule has 1 aliphatic rings. The van der Waals surface area contributed by atoms with Gasteiger partial charge in [0.05, 0.1) is 5.56 Å². The Kier molecular flexibility index (Phi) is 3.00. The van der Waals surface area contributed by atoms with Crippen molar-refractivity contribution in [2.75, 3.05) is 0 Å². The highest BCUT2D eigenvalue weighted by Crippen LogP contribution is 2.32. The van der Waals surface area contributed by atoms with Gasteiger partial charge < -0.3 is 9.94 Å². The SMILES string of the molecule is C=Cc1ccc(ON2C(=O)c3ccccc3C2O)cc1. The smallest absolute Gasteiger partial charge is 0.289 e. The molecule has 2 aromatic rings. The van der Waals surface area contributed by atoms with E-state index in [0.717, 1.165) is 10.6 Å². The monoisotopic (exact) mass is 267 g/mol. The number of aliphatic hydroxyl groups excluding tert-OH is 1. The Balaban J connectivity index is 1.85. The average Bonchev–Trinajstić information content (AvgIpc) is 2.74. The van der Waals surface area contributed by atoms with E-state index in [1.807, 2.05) is 12.1 Å². The van der Waals surface area contributed by atoms with E-state index in [4.69, 9.17) is 4.84 Å².